The van der Waals surface area contributed by atoms with E-state index < -0.39 is 16.1 Å². The van der Waals surface area contributed by atoms with Crippen LogP contribution in [0.5, 0.6) is 0 Å². The molecule has 0 radical (unpaired) electrons. The monoisotopic (exact) mass is 375 g/mol. The number of hydrogen-bond donors (Lipinski definition) is 2. The number of halogens is 1. The number of hydrogen-bond acceptors (Lipinski definition) is 4. The number of carbonyl (C=O) groups is 1. The molecule has 1 heterocycles. The standard InChI is InChI=1S/C16H25N3O3S.ClH/c1-2-12-23(21,22)19-11-3-4-15(19)16(20)18-10-9-13-5-7-14(17)8-6-13;/h5-8,15H,2-4,9-12,17H2,1H3,(H,18,20);1H. The number of amides is 1. The number of anilines is 1. The molecule has 3 N–H and O–H groups in total. The summed E-state index contributed by atoms with van der Waals surface area (Å²) in [4.78, 5) is 12.3. The highest BCUT2D eigenvalue weighted by molar-refractivity contribution is 7.89. The third-order valence-corrected chi connectivity index (χ3v) is 6.09. The van der Waals surface area contributed by atoms with Crippen molar-refractivity contribution in [1.29, 1.82) is 0 Å². The Balaban J connectivity index is 0.00000288. The van der Waals surface area contributed by atoms with Crippen LogP contribution in [-0.2, 0) is 21.2 Å². The second kappa shape index (κ2) is 9.25. The van der Waals surface area contributed by atoms with Crippen molar-refractivity contribution in [3.63, 3.8) is 0 Å². The molecule has 0 saturated carbocycles. The third-order valence-electron chi connectivity index (χ3n) is 4.02. The summed E-state index contributed by atoms with van der Waals surface area (Å²) in [7, 11) is -3.33. The molecule has 136 valence electrons. The van der Waals surface area contributed by atoms with Crippen LogP contribution in [0, 0.1) is 0 Å². The van der Waals surface area contributed by atoms with Gasteiger partial charge in [-0.2, -0.15) is 4.31 Å². The molecule has 1 aliphatic heterocycles. The summed E-state index contributed by atoms with van der Waals surface area (Å²) in [5, 5.41) is 2.86. The van der Waals surface area contributed by atoms with Gasteiger partial charge in [-0.3, -0.25) is 4.79 Å². The highest BCUT2D eigenvalue weighted by Gasteiger charge is 2.37. The zero-order valence-electron chi connectivity index (χ0n) is 13.9. The maximum atomic E-state index is 12.3. The zero-order valence-corrected chi connectivity index (χ0v) is 15.5. The molecule has 1 atom stereocenters. The number of benzene rings is 1. The van der Waals surface area contributed by atoms with Crippen LogP contribution in [0.3, 0.4) is 0 Å². The average Bonchev–Trinajstić information content (AvgIpc) is 2.99. The van der Waals surface area contributed by atoms with Gasteiger partial charge in [-0.15, -0.1) is 12.4 Å². The minimum atomic E-state index is -3.33. The number of nitrogens with one attached hydrogen (secondary N) is 1. The molecule has 1 aliphatic rings. The van der Waals surface area contributed by atoms with Gasteiger partial charge in [0.2, 0.25) is 15.9 Å². The Kier molecular flexibility index (Phi) is 7.99. The fourth-order valence-electron chi connectivity index (χ4n) is 2.84. The number of nitrogens with zero attached hydrogens (tertiary/aromatic N) is 1. The second-order valence-corrected chi connectivity index (χ2v) is 7.91. The minimum Gasteiger partial charge on any atom is -0.399 e. The van der Waals surface area contributed by atoms with E-state index in [9.17, 15) is 13.2 Å². The lowest BCUT2D eigenvalue weighted by atomic mass is 10.1. The maximum absolute atomic E-state index is 12.3. The van der Waals surface area contributed by atoms with Crippen molar-refractivity contribution in [3.8, 4) is 0 Å². The van der Waals surface area contributed by atoms with Crippen molar-refractivity contribution in [2.75, 3.05) is 24.6 Å². The van der Waals surface area contributed by atoms with Gasteiger partial charge in [-0.1, -0.05) is 19.1 Å². The maximum Gasteiger partial charge on any atom is 0.238 e. The Morgan fingerprint density at radius 2 is 2.00 bits per heavy atom. The molecule has 1 fully saturated rings. The Labute approximate surface area is 150 Å². The van der Waals surface area contributed by atoms with Gasteiger partial charge in [0, 0.05) is 18.8 Å². The van der Waals surface area contributed by atoms with Gasteiger partial charge >= 0.3 is 0 Å². The fraction of sp³-hybridized carbons (Fsp3) is 0.562. The van der Waals surface area contributed by atoms with Crippen LogP contribution < -0.4 is 11.1 Å². The predicted molar refractivity (Wildman–Crippen MR) is 98.6 cm³/mol. The zero-order chi connectivity index (χ0) is 16.9. The van der Waals surface area contributed by atoms with E-state index in [0.29, 0.717) is 38.0 Å². The van der Waals surface area contributed by atoms with E-state index in [4.69, 9.17) is 5.73 Å². The molecule has 0 bridgehead atoms. The van der Waals surface area contributed by atoms with E-state index in [2.05, 4.69) is 5.32 Å². The highest BCUT2D eigenvalue weighted by Crippen LogP contribution is 2.22. The summed E-state index contributed by atoms with van der Waals surface area (Å²) >= 11 is 0. The first-order chi connectivity index (χ1) is 10.9. The molecule has 1 saturated heterocycles. The van der Waals surface area contributed by atoms with E-state index in [-0.39, 0.29) is 24.1 Å². The summed E-state index contributed by atoms with van der Waals surface area (Å²) < 4.78 is 25.8. The molecule has 8 heteroatoms. The molecule has 2 rings (SSSR count). The van der Waals surface area contributed by atoms with Gasteiger partial charge in [-0.25, -0.2) is 8.42 Å². The molecule has 0 aliphatic carbocycles. The summed E-state index contributed by atoms with van der Waals surface area (Å²) in [5.41, 5.74) is 7.43. The largest absolute Gasteiger partial charge is 0.399 e. The van der Waals surface area contributed by atoms with Crippen LogP contribution in [0.2, 0.25) is 0 Å². The summed E-state index contributed by atoms with van der Waals surface area (Å²) in [6.07, 6.45) is 2.58. The van der Waals surface area contributed by atoms with Gasteiger partial charge in [0.1, 0.15) is 6.04 Å². The van der Waals surface area contributed by atoms with E-state index in [1.54, 1.807) is 0 Å². The quantitative estimate of drug-likeness (QED) is 0.707. The predicted octanol–water partition coefficient (Wildman–Crippen LogP) is 1.55. The summed E-state index contributed by atoms with van der Waals surface area (Å²) in [5.74, 6) is -0.0972. The van der Waals surface area contributed by atoms with Crippen LogP contribution in [0.1, 0.15) is 31.7 Å². The molecule has 0 aromatic heterocycles. The van der Waals surface area contributed by atoms with Crippen molar-refractivity contribution < 1.29 is 13.2 Å². The first kappa shape index (κ1) is 20.7. The lowest BCUT2D eigenvalue weighted by Gasteiger charge is -2.23. The lowest BCUT2D eigenvalue weighted by molar-refractivity contribution is -0.124. The molecule has 24 heavy (non-hydrogen) atoms. The molecule has 1 aromatic rings. The topological polar surface area (TPSA) is 92.5 Å². The first-order valence-electron chi connectivity index (χ1n) is 8.05. The highest BCUT2D eigenvalue weighted by atomic mass is 35.5. The smallest absolute Gasteiger partial charge is 0.238 e. The van der Waals surface area contributed by atoms with E-state index in [1.165, 1.54) is 4.31 Å². The van der Waals surface area contributed by atoms with Crippen LogP contribution in [0.15, 0.2) is 24.3 Å². The minimum absolute atomic E-state index is 0. The normalized spacial score (nSPS) is 18.1. The van der Waals surface area contributed by atoms with Crippen LogP contribution >= 0.6 is 12.4 Å². The lowest BCUT2D eigenvalue weighted by Crippen LogP contribution is -2.46. The van der Waals surface area contributed by atoms with E-state index in [0.717, 1.165) is 12.0 Å². The van der Waals surface area contributed by atoms with E-state index in [1.807, 2.05) is 31.2 Å². The Morgan fingerprint density at radius 1 is 1.33 bits per heavy atom. The van der Waals surface area contributed by atoms with Crippen molar-refractivity contribution in [2.45, 2.75) is 38.6 Å². The van der Waals surface area contributed by atoms with Crippen LogP contribution in [0.25, 0.3) is 0 Å². The first-order valence-corrected chi connectivity index (χ1v) is 9.66. The van der Waals surface area contributed by atoms with E-state index >= 15 is 0 Å². The molecule has 1 unspecified atom stereocenters. The number of sulfonamides is 1. The third kappa shape index (κ3) is 5.36. The Bertz CT molecular complexity index is 634. The molecule has 0 spiro atoms. The molecule has 1 aromatic carbocycles. The van der Waals surface area contributed by atoms with Gasteiger partial charge in [-0.05, 0) is 43.4 Å². The number of nitrogen functional groups attached to an aromatic ring is 1. The fourth-order valence-corrected chi connectivity index (χ4v) is 4.59. The van der Waals surface area contributed by atoms with Gasteiger partial charge in [0.25, 0.3) is 0 Å². The molecule has 1 amide bonds. The summed E-state index contributed by atoms with van der Waals surface area (Å²) in [6.45, 7) is 2.76. The number of rotatable bonds is 7. The Hall–Kier alpha value is -1.31. The molecule has 6 nitrogen and oxygen atoms in total. The van der Waals surface area contributed by atoms with Crippen molar-refractivity contribution in [3.05, 3.63) is 29.8 Å². The Morgan fingerprint density at radius 3 is 2.62 bits per heavy atom. The average molecular weight is 376 g/mol. The van der Waals surface area contributed by atoms with Crippen molar-refractivity contribution >= 4 is 34.0 Å². The van der Waals surface area contributed by atoms with Gasteiger partial charge < -0.3 is 11.1 Å². The second-order valence-electron chi connectivity index (χ2n) is 5.87. The SMILES string of the molecule is CCCS(=O)(=O)N1CCCC1C(=O)NCCc1ccc(N)cc1.Cl. The van der Waals surface area contributed by atoms with Crippen LogP contribution in [-0.4, -0.2) is 43.5 Å². The van der Waals surface area contributed by atoms with Gasteiger partial charge in [0.05, 0.1) is 5.75 Å². The van der Waals surface area contributed by atoms with Crippen molar-refractivity contribution in [2.24, 2.45) is 0 Å². The number of carbonyl (C=O) groups excluding carboxylic acids is 1. The van der Waals surface area contributed by atoms with Crippen molar-refractivity contribution in [1.82, 2.24) is 9.62 Å². The summed E-state index contributed by atoms with van der Waals surface area (Å²) in [6, 6.07) is 6.95. The van der Waals surface area contributed by atoms with Crippen LogP contribution in [0.4, 0.5) is 5.69 Å². The number of nitrogens with two attached hydrogens (primary N) is 1. The van der Waals surface area contributed by atoms with Gasteiger partial charge in [0.15, 0.2) is 0 Å². The molecular weight excluding hydrogens is 350 g/mol. The molecular formula is C16H26ClN3O3S.